The highest BCUT2D eigenvalue weighted by atomic mass is 31.2. The third kappa shape index (κ3) is 50.9. The third-order valence-electron chi connectivity index (χ3n) is 11.2. The fraction of sp³-hybridized carbons (Fsp3) is 0.672. The molecule has 1 amide bonds. The number of quaternary nitrogens is 1. The predicted molar refractivity (Wildman–Crippen MR) is 288 cm³/mol. The van der Waals surface area contributed by atoms with Gasteiger partial charge in [-0.2, -0.15) is 0 Å². The van der Waals surface area contributed by atoms with Gasteiger partial charge in [0.05, 0.1) is 39.9 Å². The number of hydrogen-bond acceptors (Lipinski definition) is 6. The van der Waals surface area contributed by atoms with Gasteiger partial charge in [0.2, 0.25) is 5.91 Å². The minimum Gasteiger partial charge on any atom is -0.756 e. The van der Waals surface area contributed by atoms with Crippen LogP contribution < -0.4 is 10.2 Å². The van der Waals surface area contributed by atoms with E-state index in [1.54, 1.807) is 6.08 Å². The summed E-state index contributed by atoms with van der Waals surface area (Å²) in [5.41, 5.74) is 0. The van der Waals surface area contributed by atoms with E-state index in [9.17, 15) is 19.4 Å². The number of allylic oxidation sites excluding steroid dienone is 17. The van der Waals surface area contributed by atoms with Crippen LogP contribution in [-0.4, -0.2) is 68.5 Å². The molecular formula is C58H101N2O6P. The first-order valence-electron chi connectivity index (χ1n) is 26.7. The minimum atomic E-state index is -4.61. The van der Waals surface area contributed by atoms with Gasteiger partial charge in [-0.1, -0.05) is 220 Å². The van der Waals surface area contributed by atoms with Gasteiger partial charge >= 0.3 is 0 Å². The quantitative estimate of drug-likeness (QED) is 0.0272. The van der Waals surface area contributed by atoms with Crippen molar-refractivity contribution in [2.75, 3.05) is 40.9 Å². The topological polar surface area (TPSA) is 108 Å². The van der Waals surface area contributed by atoms with Crippen molar-refractivity contribution in [3.8, 4) is 0 Å². The summed E-state index contributed by atoms with van der Waals surface area (Å²) in [5.74, 6) is -0.226. The van der Waals surface area contributed by atoms with Gasteiger partial charge in [0, 0.05) is 6.42 Å². The molecule has 0 aliphatic heterocycles. The summed E-state index contributed by atoms with van der Waals surface area (Å²) in [6, 6.07) is -0.908. The van der Waals surface area contributed by atoms with Gasteiger partial charge in [-0.3, -0.25) is 9.36 Å². The smallest absolute Gasteiger partial charge is 0.268 e. The van der Waals surface area contributed by atoms with Crippen molar-refractivity contribution < 1.29 is 32.9 Å². The van der Waals surface area contributed by atoms with Crippen LogP contribution in [0.5, 0.6) is 0 Å². The van der Waals surface area contributed by atoms with E-state index in [-0.39, 0.29) is 12.5 Å². The van der Waals surface area contributed by atoms with Crippen LogP contribution in [0.25, 0.3) is 0 Å². The molecule has 0 heterocycles. The van der Waals surface area contributed by atoms with Gasteiger partial charge in [-0.25, -0.2) is 0 Å². The molecule has 3 atom stereocenters. The van der Waals surface area contributed by atoms with E-state index < -0.39 is 26.6 Å². The average molecular weight is 953 g/mol. The number of aliphatic hydroxyl groups excluding tert-OH is 1. The Labute approximate surface area is 412 Å². The van der Waals surface area contributed by atoms with Gasteiger partial charge in [0.1, 0.15) is 13.2 Å². The van der Waals surface area contributed by atoms with E-state index in [0.29, 0.717) is 17.4 Å². The predicted octanol–water partition coefficient (Wildman–Crippen LogP) is 15.4. The molecular weight excluding hydrogens is 852 g/mol. The lowest BCUT2D eigenvalue weighted by Crippen LogP contribution is -2.45. The van der Waals surface area contributed by atoms with Gasteiger partial charge < -0.3 is 28.8 Å². The first kappa shape index (κ1) is 64.2. The molecule has 0 rings (SSSR count). The zero-order chi connectivity index (χ0) is 49.2. The molecule has 8 nitrogen and oxygen atoms in total. The zero-order valence-corrected chi connectivity index (χ0v) is 44.5. The number of rotatable bonds is 47. The Kier molecular flexibility index (Phi) is 46.2. The molecule has 0 aliphatic rings. The Hall–Kier alpha value is -2.84. The molecule has 9 heteroatoms. The number of likely N-dealkylation sites (N-methyl/N-ethyl adjacent to an activating group) is 1. The maximum absolute atomic E-state index is 12.9. The Morgan fingerprint density at radius 2 is 0.910 bits per heavy atom. The lowest BCUT2D eigenvalue weighted by molar-refractivity contribution is -0.870. The standard InChI is InChI=1S/C58H101N2O6P/c1-6-8-10-12-14-16-18-20-22-24-25-26-27-28-29-30-31-32-33-34-35-36-38-40-42-44-46-48-50-52-58(62)59-56(55-66-67(63,64)65-54-53-60(3,4)5)57(61)51-49-47-45-43-41-39-37-23-21-19-17-15-13-11-9-7-2/h8,10,14,16,20,22,25-26,28-29,31-32,34-35,38,40,49,51,56-57,61H,6-7,9,11-13,15,17-19,21,23-24,27,30,33,36-37,39,41-48,50,52-55H2,1-5H3,(H-,59,62,63,64)/b10-8-,16-14-,22-20-,26-25-,29-28-,32-31-,35-34-,40-38-,51-49+. The van der Waals surface area contributed by atoms with Crippen LogP contribution in [0.2, 0.25) is 0 Å². The number of nitrogens with zero attached hydrogens (tertiary/aromatic N) is 1. The number of carbonyl (C=O) groups is 1. The number of carbonyl (C=O) groups excluding carboxylic acids is 1. The van der Waals surface area contributed by atoms with Crippen molar-refractivity contribution in [1.29, 1.82) is 0 Å². The van der Waals surface area contributed by atoms with Crippen molar-refractivity contribution in [2.45, 2.75) is 212 Å². The fourth-order valence-corrected chi connectivity index (χ4v) is 7.77. The molecule has 0 aromatic heterocycles. The number of unbranched alkanes of at least 4 members (excludes halogenated alkanes) is 18. The van der Waals surface area contributed by atoms with Crippen LogP contribution in [0, 0.1) is 0 Å². The molecule has 0 aromatic carbocycles. The van der Waals surface area contributed by atoms with E-state index in [1.807, 2.05) is 27.2 Å². The molecule has 3 unspecified atom stereocenters. The maximum Gasteiger partial charge on any atom is 0.268 e. The van der Waals surface area contributed by atoms with Gasteiger partial charge in [-0.15, -0.1) is 0 Å². The second-order valence-electron chi connectivity index (χ2n) is 18.9. The zero-order valence-electron chi connectivity index (χ0n) is 43.6. The summed E-state index contributed by atoms with van der Waals surface area (Å²) in [6.07, 6.45) is 70.0. The monoisotopic (exact) mass is 953 g/mol. The second-order valence-corrected chi connectivity index (χ2v) is 20.3. The summed E-state index contributed by atoms with van der Waals surface area (Å²) in [6.45, 7) is 4.50. The van der Waals surface area contributed by atoms with E-state index in [0.717, 1.165) is 103 Å². The lowest BCUT2D eigenvalue weighted by Gasteiger charge is -2.29. The Bertz CT molecular complexity index is 1450. The molecule has 0 bridgehead atoms. The van der Waals surface area contributed by atoms with Crippen LogP contribution in [0.4, 0.5) is 0 Å². The van der Waals surface area contributed by atoms with Crippen molar-refractivity contribution in [3.05, 3.63) is 109 Å². The number of phosphoric ester groups is 1. The SMILES string of the molecule is CC/C=C\C/C=C\C/C=C\C/C=C\C/C=C\C/C=C\C/C=C\C/C=C\CCCCCCC(=O)NC(COP(=O)([O-])OCC[N+](C)(C)C)C(O)/C=C/CCCCCCCCCCCCCCCC. The maximum atomic E-state index is 12.9. The molecule has 384 valence electrons. The van der Waals surface area contributed by atoms with E-state index >= 15 is 0 Å². The van der Waals surface area contributed by atoms with Crippen molar-refractivity contribution in [1.82, 2.24) is 5.32 Å². The highest BCUT2D eigenvalue weighted by molar-refractivity contribution is 7.45. The van der Waals surface area contributed by atoms with Crippen molar-refractivity contribution in [3.63, 3.8) is 0 Å². The molecule has 0 saturated carbocycles. The first-order valence-corrected chi connectivity index (χ1v) is 28.2. The number of amides is 1. The highest BCUT2D eigenvalue weighted by Gasteiger charge is 2.23. The van der Waals surface area contributed by atoms with Crippen molar-refractivity contribution in [2.24, 2.45) is 0 Å². The Morgan fingerprint density at radius 1 is 0.537 bits per heavy atom. The van der Waals surface area contributed by atoms with Crippen LogP contribution in [0.3, 0.4) is 0 Å². The number of hydrogen-bond donors (Lipinski definition) is 2. The molecule has 0 saturated heterocycles. The third-order valence-corrected chi connectivity index (χ3v) is 12.2. The molecule has 0 radical (unpaired) electrons. The van der Waals surface area contributed by atoms with E-state index in [1.165, 1.54) is 77.0 Å². The molecule has 0 aromatic rings. The largest absolute Gasteiger partial charge is 0.756 e. The summed E-state index contributed by atoms with van der Waals surface area (Å²) >= 11 is 0. The summed E-state index contributed by atoms with van der Waals surface area (Å²) in [7, 11) is 1.23. The molecule has 2 N–H and O–H groups in total. The molecule has 0 spiro atoms. The summed E-state index contributed by atoms with van der Waals surface area (Å²) in [4.78, 5) is 25.4. The number of nitrogens with one attached hydrogen (secondary N) is 1. The minimum absolute atomic E-state index is 0.0124. The van der Waals surface area contributed by atoms with Crippen LogP contribution in [-0.2, 0) is 18.4 Å². The normalized spacial score (nSPS) is 14.9. The Morgan fingerprint density at radius 3 is 1.33 bits per heavy atom. The van der Waals surface area contributed by atoms with Gasteiger partial charge in [0.15, 0.2) is 0 Å². The molecule has 67 heavy (non-hydrogen) atoms. The van der Waals surface area contributed by atoms with Crippen LogP contribution >= 0.6 is 7.82 Å². The molecule has 0 aliphatic carbocycles. The lowest BCUT2D eigenvalue weighted by atomic mass is 10.0. The van der Waals surface area contributed by atoms with E-state index in [2.05, 4.69) is 116 Å². The summed E-state index contributed by atoms with van der Waals surface area (Å²) < 4.78 is 23.3. The number of aliphatic hydroxyl groups is 1. The molecule has 0 fully saturated rings. The van der Waals surface area contributed by atoms with Crippen LogP contribution in [0.1, 0.15) is 200 Å². The van der Waals surface area contributed by atoms with Crippen LogP contribution in [0.15, 0.2) is 109 Å². The van der Waals surface area contributed by atoms with Crippen molar-refractivity contribution >= 4 is 13.7 Å². The highest BCUT2D eigenvalue weighted by Crippen LogP contribution is 2.38. The first-order chi connectivity index (χ1) is 32.5. The fourth-order valence-electron chi connectivity index (χ4n) is 7.05. The van der Waals surface area contributed by atoms with Gasteiger partial charge in [0.25, 0.3) is 7.82 Å². The number of phosphoric acid groups is 1. The van der Waals surface area contributed by atoms with Gasteiger partial charge in [-0.05, 0) is 83.5 Å². The summed E-state index contributed by atoms with van der Waals surface area (Å²) in [5, 5.41) is 13.8. The average Bonchev–Trinajstić information content (AvgIpc) is 3.29. The second kappa shape index (κ2) is 48.2. The van der Waals surface area contributed by atoms with E-state index in [4.69, 9.17) is 9.05 Å². The Balaban J connectivity index is 4.35.